The summed E-state index contributed by atoms with van der Waals surface area (Å²) in [5.41, 5.74) is 0.893. The number of carboxylic acid groups (broad SMARTS) is 1. The van der Waals surface area contributed by atoms with Crippen molar-refractivity contribution in [2.24, 2.45) is 5.92 Å². The predicted molar refractivity (Wildman–Crippen MR) is 74.4 cm³/mol. The summed E-state index contributed by atoms with van der Waals surface area (Å²) in [6, 6.07) is 0.620. The summed E-state index contributed by atoms with van der Waals surface area (Å²) < 4.78 is 0. The summed E-state index contributed by atoms with van der Waals surface area (Å²) in [4.78, 5) is 21.7. The van der Waals surface area contributed by atoms with Crippen molar-refractivity contribution in [1.82, 2.24) is 14.9 Å². The van der Waals surface area contributed by atoms with E-state index in [9.17, 15) is 9.90 Å². The van der Waals surface area contributed by atoms with E-state index in [1.807, 2.05) is 0 Å². The molecule has 2 aliphatic rings. The number of aromatic nitrogens is 2. The van der Waals surface area contributed by atoms with Gasteiger partial charge in [0.15, 0.2) is 0 Å². The fourth-order valence-electron chi connectivity index (χ4n) is 3.78. The van der Waals surface area contributed by atoms with Gasteiger partial charge in [0.25, 0.3) is 0 Å². The van der Waals surface area contributed by atoms with E-state index >= 15 is 0 Å². The van der Waals surface area contributed by atoms with Gasteiger partial charge in [0.05, 0.1) is 5.69 Å². The summed E-state index contributed by atoms with van der Waals surface area (Å²) in [7, 11) is 0. The molecule has 1 saturated heterocycles. The molecule has 0 unspecified atom stereocenters. The van der Waals surface area contributed by atoms with E-state index in [4.69, 9.17) is 0 Å². The van der Waals surface area contributed by atoms with Gasteiger partial charge in [-0.05, 0) is 38.1 Å². The number of hydrogen-bond donors (Lipinski definition) is 1. The molecule has 1 N–H and O–H groups in total. The molecule has 5 heteroatoms. The highest BCUT2D eigenvalue weighted by Gasteiger charge is 2.33. The Kier molecular flexibility index (Phi) is 3.96. The third kappa shape index (κ3) is 2.68. The van der Waals surface area contributed by atoms with E-state index < -0.39 is 5.97 Å². The molecule has 0 spiro atoms. The molecule has 0 amide bonds. The van der Waals surface area contributed by atoms with Crippen LogP contribution in [0.25, 0.3) is 0 Å². The van der Waals surface area contributed by atoms with Gasteiger partial charge < -0.3 is 5.11 Å². The highest BCUT2D eigenvalue weighted by atomic mass is 16.4. The lowest BCUT2D eigenvalue weighted by Gasteiger charge is -2.44. The minimum Gasteiger partial charge on any atom is -0.478 e. The van der Waals surface area contributed by atoms with Gasteiger partial charge in [0, 0.05) is 18.8 Å². The van der Waals surface area contributed by atoms with E-state index in [1.165, 1.54) is 51.0 Å². The Bertz CT molecular complexity index is 490. The van der Waals surface area contributed by atoms with Crippen molar-refractivity contribution in [3.05, 3.63) is 23.8 Å². The van der Waals surface area contributed by atoms with Crippen molar-refractivity contribution in [2.75, 3.05) is 6.54 Å². The number of piperidine rings is 1. The quantitative estimate of drug-likeness (QED) is 0.917. The van der Waals surface area contributed by atoms with Crippen molar-refractivity contribution in [2.45, 2.75) is 51.1 Å². The molecular weight excluding hydrogens is 254 g/mol. The van der Waals surface area contributed by atoms with Crippen LogP contribution >= 0.6 is 0 Å². The zero-order valence-electron chi connectivity index (χ0n) is 11.7. The summed E-state index contributed by atoms with van der Waals surface area (Å²) in [5, 5.41) is 9.23. The van der Waals surface area contributed by atoms with Gasteiger partial charge in [0.1, 0.15) is 11.9 Å². The number of hydrogen-bond acceptors (Lipinski definition) is 4. The summed E-state index contributed by atoms with van der Waals surface area (Å²) in [6.45, 7) is 1.70. The van der Waals surface area contributed by atoms with Gasteiger partial charge in [-0.3, -0.25) is 4.90 Å². The molecule has 3 rings (SSSR count). The minimum atomic E-state index is -0.933. The first-order valence-electron chi connectivity index (χ1n) is 7.52. The Labute approximate surface area is 119 Å². The first kappa shape index (κ1) is 13.5. The fourth-order valence-corrected chi connectivity index (χ4v) is 3.78. The highest BCUT2D eigenvalue weighted by Crippen LogP contribution is 2.35. The maximum Gasteiger partial charge on any atom is 0.339 e. The average Bonchev–Trinajstić information content (AvgIpc) is 2.48. The first-order valence-corrected chi connectivity index (χ1v) is 7.52. The molecule has 1 aromatic rings. The van der Waals surface area contributed by atoms with Crippen LogP contribution in [-0.4, -0.2) is 38.5 Å². The van der Waals surface area contributed by atoms with Crippen molar-refractivity contribution in [1.29, 1.82) is 0 Å². The third-order valence-electron chi connectivity index (χ3n) is 4.74. The molecule has 1 aromatic heterocycles. The second kappa shape index (κ2) is 5.87. The molecule has 5 nitrogen and oxygen atoms in total. The Morgan fingerprint density at radius 3 is 2.95 bits per heavy atom. The lowest BCUT2D eigenvalue weighted by atomic mass is 9.78. The molecule has 2 atom stereocenters. The van der Waals surface area contributed by atoms with Crippen molar-refractivity contribution < 1.29 is 9.90 Å². The number of nitrogens with zero attached hydrogens (tertiary/aromatic N) is 3. The number of fused-ring (bicyclic) bond motifs is 1. The summed E-state index contributed by atoms with van der Waals surface area (Å²) in [5.74, 6) is -0.134. The van der Waals surface area contributed by atoms with Crippen LogP contribution < -0.4 is 0 Å². The van der Waals surface area contributed by atoms with Gasteiger partial charge in [-0.15, -0.1) is 0 Å². The predicted octanol–water partition coefficient (Wildman–Crippen LogP) is 2.33. The largest absolute Gasteiger partial charge is 0.478 e. The summed E-state index contributed by atoms with van der Waals surface area (Å²) >= 11 is 0. The van der Waals surface area contributed by atoms with Crippen LogP contribution in [-0.2, 0) is 6.54 Å². The standard InChI is InChI=1S/C15H21N3O2/c19-15(20)12-8-16-10-17-13(12)9-18-7-3-5-11-4-1-2-6-14(11)18/h8,10-11,14H,1-7,9H2,(H,19,20)/t11-,14-/m1/s1. The fraction of sp³-hybridized carbons (Fsp3) is 0.667. The van der Waals surface area contributed by atoms with Gasteiger partial charge in [-0.25, -0.2) is 14.8 Å². The van der Waals surface area contributed by atoms with E-state index in [0.717, 1.165) is 12.5 Å². The van der Waals surface area contributed by atoms with Crippen molar-refractivity contribution in [3.8, 4) is 0 Å². The van der Waals surface area contributed by atoms with Crippen LogP contribution in [0, 0.1) is 5.92 Å². The Morgan fingerprint density at radius 2 is 2.10 bits per heavy atom. The average molecular weight is 275 g/mol. The van der Waals surface area contributed by atoms with Gasteiger partial charge in [-0.1, -0.05) is 12.8 Å². The van der Waals surface area contributed by atoms with Gasteiger partial charge >= 0.3 is 5.97 Å². The monoisotopic (exact) mass is 275 g/mol. The Hall–Kier alpha value is -1.49. The topological polar surface area (TPSA) is 66.3 Å². The van der Waals surface area contributed by atoms with Gasteiger partial charge in [-0.2, -0.15) is 0 Å². The number of likely N-dealkylation sites (tertiary alicyclic amines) is 1. The Morgan fingerprint density at radius 1 is 1.30 bits per heavy atom. The lowest BCUT2D eigenvalue weighted by Crippen LogP contribution is -2.46. The summed E-state index contributed by atoms with van der Waals surface area (Å²) in [6.07, 6.45) is 10.6. The number of aromatic carboxylic acids is 1. The van der Waals surface area contributed by atoms with E-state index in [1.54, 1.807) is 0 Å². The second-order valence-electron chi connectivity index (χ2n) is 5.91. The van der Waals surface area contributed by atoms with Crippen molar-refractivity contribution >= 4 is 5.97 Å². The number of rotatable bonds is 3. The molecule has 20 heavy (non-hydrogen) atoms. The molecule has 1 saturated carbocycles. The molecule has 0 aromatic carbocycles. The highest BCUT2D eigenvalue weighted by molar-refractivity contribution is 5.88. The normalized spacial score (nSPS) is 27.0. The second-order valence-corrected chi connectivity index (χ2v) is 5.91. The molecule has 1 aliphatic carbocycles. The lowest BCUT2D eigenvalue weighted by molar-refractivity contribution is 0.0524. The van der Waals surface area contributed by atoms with E-state index in [0.29, 0.717) is 18.3 Å². The van der Waals surface area contributed by atoms with E-state index in [-0.39, 0.29) is 5.56 Å². The molecule has 0 bridgehead atoms. The number of carboxylic acids is 1. The van der Waals surface area contributed by atoms with Crippen LogP contribution in [0.15, 0.2) is 12.5 Å². The van der Waals surface area contributed by atoms with Crippen molar-refractivity contribution in [3.63, 3.8) is 0 Å². The Balaban J connectivity index is 1.78. The molecule has 1 aliphatic heterocycles. The maximum atomic E-state index is 11.2. The van der Waals surface area contributed by atoms with Gasteiger partial charge in [0.2, 0.25) is 0 Å². The SMILES string of the molecule is O=C(O)c1cncnc1CN1CCC[C@H]2CCCC[C@H]21. The zero-order valence-corrected chi connectivity index (χ0v) is 11.7. The van der Waals surface area contributed by atoms with E-state index in [2.05, 4.69) is 14.9 Å². The molecule has 2 fully saturated rings. The molecule has 0 radical (unpaired) electrons. The maximum absolute atomic E-state index is 11.2. The van der Waals surface area contributed by atoms with Crippen LogP contribution in [0.4, 0.5) is 0 Å². The number of carbonyl (C=O) groups is 1. The van der Waals surface area contributed by atoms with Crippen LogP contribution in [0.3, 0.4) is 0 Å². The molecular formula is C15H21N3O2. The van der Waals surface area contributed by atoms with Crippen LogP contribution in [0.5, 0.6) is 0 Å². The van der Waals surface area contributed by atoms with Crippen LogP contribution in [0.2, 0.25) is 0 Å². The van der Waals surface area contributed by atoms with Crippen LogP contribution in [0.1, 0.15) is 54.6 Å². The minimum absolute atomic E-state index is 0.241. The molecule has 108 valence electrons. The smallest absolute Gasteiger partial charge is 0.339 e. The first-order chi connectivity index (χ1) is 9.75. The zero-order chi connectivity index (χ0) is 13.9. The molecule has 2 heterocycles. The third-order valence-corrected chi connectivity index (χ3v) is 4.74.